The summed E-state index contributed by atoms with van der Waals surface area (Å²) in [6.07, 6.45) is 0.188. The first-order chi connectivity index (χ1) is 15.5. The zero-order valence-corrected chi connectivity index (χ0v) is 20.2. The second-order valence-corrected chi connectivity index (χ2v) is 10.8. The van der Waals surface area contributed by atoms with Crippen molar-refractivity contribution in [2.24, 2.45) is 0 Å². The number of ether oxygens (including phenoxy) is 3. The summed E-state index contributed by atoms with van der Waals surface area (Å²) in [6, 6.07) is 9.59. The number of anilines is 2. The van der Waals surface area contributed by atoms with Gasteiger partial charge in [-0.3, -0.25) is 5.32 Å². The van der Waals surface area contributed by atoms with Crippen LogP contribution in [0, 0.1) is 0 Å². The number of nitrogens with one attached hydrogen (secondary N) is 2. The lowest BCUT2D eigenvalue weighted by Crippen LogP contribution is -2.38. The Balaban J connectivity index is 1.32. The third-order valence-electron chi connectivity index (χ3n) is 6.00. The number of benzene rings is 1. The number of carbonyl (C=O) groups is 1. The van der Waals surface area contributed by atoms with Crippen LogP contribution >= 0.6 is 0 Å². The van der Waals surface area contributed by atoms with Crippen molar-refractivity contribution in [1.82, 2.24) is 9.97 Å². The van der Waals surface area contributed by atoms with Crippen molar-refractivity contribution >= 4 is 17.7 Å². The molecule has 178 valence electrons. The molecule has 2 N–H and O–H groups in total. The first kappa shape index (κ1) is 23.4. The standard InChI is InChI=1S/C25H34N4O4/c1-24(2,3)15-7-9-16(10-8-15)27-23(30)33-18-14-32-20-17(13-31-21(18)20)28-22-26-12-11-19(29-22)25(4,5)6/h7-12,17-18,20-21H,13-14H2,1-6H3,(H,27,30)(H,26,28,29)/t17-,18-,20-,21+/m0/s1. The molecule has 4 rings (SSSR count). The highest BCUT2D eigenvalue weighted by molar-refractivity contribution is 5.84. The van der Waals surface area contributed by atoms with Gasteiger partial charge in [0.1, 0.15) is 12.2 Å². The van der Waals surface area contributed by atoms with Gasteiger partial charge in [0.15, 0.2) is 6.10 Å². The van der Waals surface area contributed by atoms with Crippen LogP contribution in [-0.2, 0) is 25.0 Å². The summed E-state index contributed by atoms with van der Waals surface area (Å²) in [4.78, 5) is 21.4. The maximum atomic E-state index is 12.5. The highest BCUT2D eigenvalue weighted by Gasteiger charge is 2.49. The largest absolute Gasteiger partial charge is 0.441 e. The zero-order chi connectivity index (χ0) is 23.8. The fraction of sp³-hybridized carbons (Fsp3) is 0.560. The van der Waals surface area contributed by atoms with Gasteiger partial charge in [-0.25, -0.2) is 14.8 Å². The molecule has 8 nitrogen and oxygen atoms in total. The van der Waals surface area contributed by atoms with Crippen molar-refractivity contribution in [1.29, 1.82) is 0 Å². The third-order valence-corrected chi connectivity index (χ3v) is 6.00. The number of amides is 1. The highest BCUT2D eigenvalue weighted by atomic mass is 16.6. The molecule has 0 aliphatic carbocycles. The van der Waals surface area contributed by atoms with E-state index in [0.717, 1.165) is 5.69 Å². The summed E-state index contributed by atoms with van der Waals surface area (Å²) < 4.78 is 17.5. The first-order valence-corrected chi connectivity index (χ1v) is 11.4. The van der Waals surface area contributed by atoms with Gasteiger partial charge in [-0.1, -0.05) is 53.7 Å². The maximum absolute atomic E-state index is 12.5. The van der Waals surface area contributed by atoms with E-state index in [2.05, 4.69) is 62.1 Å². The van der Waals surface area contributed by atoms with Crippen molar-refractivity contribution in [2.75, 3.05) is 23.8 Å². The van der Waals surface area contributed by atoms with Crippen molar-refractivity contribution in [3.63, 3.8) is 0 Å². The average molecular weight is 455 g/mol. The minimum absolute atomic E-state index is 0.0543. The molecule has 2 aliphatic rings. The molecule has 1 amide bonds. The summed E-state index contributed by atoms with van der Waals surface area (Å²) in [5, 5.41) is 6.12. The number of aromatic nitrogens is 2. The van der Waals surface area contributed by atoms with Gasteiger partial charge in [0.2, 0.25) is 5.95 Å². The van der Waals surface area contributed by atoms with Gasteiger partial charge in [-0.05, 0) is 29.2 Å². The lowest BCUT2D eigenvalue weighted by molar-refractivity contribution is 0.00917. The van der Waals surface area contributed by atoms with E-state index < -0.39 is 12.2 Å². The quantitative estimate of drug-likeness (QED) is 0.712. The van der Waals surface area contributed by atoms with Crippen LogP contribution in [0.4, 0.5) is 16.4 Å². The molecule has 33 heavy (non-hydrogen) atoms. The molecule has 0 spiro atoms. The Morgan fingerprint density at radius 2 is 1.67 bits per heavy atom. The van der Waals surface area contributed by atoms with E-state index in [1.807, 2.05) is 30.3 Å². The molecule has 1 aromatic carbocycles. The SMILES string of the molecule is CC(C)(C)c1ccc(NC(=O)O[C@H]2CO[C@@H]3[C@@H]2OC[C@@H]3Nc2nccc(C(C)(C)C)n2)cc1. The molecule has 2 saturated heterocycles. The number of rotatable bonds is 4. The van der Waals surface area contributed by atoms with Crippen molar-refractivity contribution < 1.29 is 19.0 Å². The van der Waals surface area contributed by atoms with Crippen molar-refractivity contribution in [3.05, 3.63) is 47.8 Å². The Kier molecular flexibility index (Phi) is 6.33. The normalized spacial score (nSPS) is 24.9. The Labute approximate surface area is 195 Å². The number of fused-ring (bicyclic) bond motifs is 1. The van der Waals surface area contributed by atoms with Gasteiger partial charge in [-0.2, -0.15) is 0 Å². The molecule has 2 aliphatic heterocycles. The van der Waals surface area contributed by atoms with Gasteiger partial charge in [0.25, 0.3) is 0 Å². The molecule has 2 aromatic rings. The molecule has 2 fully saturated rings. The Hall–Kier alpha value is -2.71. The second-order valence-electron chi connectivity index (χ2n) is 10.8. The summed E-state index contributed by atoms with van der Waals surface area (Å²) in [5.74, 6) is 0.543. The van der Waals surface area contributed by atoms with Crippen LogP contribution in [0.25, 0.3) is 0 Å². The van der Waals surface area contributed by atoms with Gasteiger partial charge in [0.05, 0.1) is 24.9 Å². The molecular weight excluding hydrogens is 420 g/mol. The number of hydrogen-bond donors (Lipinski definition) is 2. The number of hydrogen-bond acceptors (Lipinski definition) is 7. The lowest BCUT2D eigenvalue weighted by Gasteiger charge is -2.21. The van der Waals surface area contributed by atoms with Crippen LogP contribution in [0.1, 0.15) is 52.8 Å². The van der Waals surface area contributed by atoms with E-state index in [1.165, 1.54) is 5.56 Å². The van der Waals surface area contributed by atoms with Gasteiger partial charge in [0, 0.05) is 17.3 Å². The van der Waals surface area contributed by atoms with E-state index in [0.29, 0.717) is 18.2 Å². The highest BCUT2D eigenvalue weighted by Crippen LogP contribution is 2.31. The molecule has 0 radical (unpaired) electrons. The molecule has 4 atom stereocenters. The molecule has 1 aromatic heterocycles. The third kappa shape index (κ3) is 5.45. The van der Waals surface area contributed by atoms with Crippen LogP contribution in [0.15, 0.2) is 36.5 Å². The summed E-state index contributed by atoms with van der Waals surface area (Å²) >= 11 is 0. The Morgan fingerprint density at radius 1 is 0.970 bits per heavy atom. The van der Waals surface area contributed by atoms with Crippen molar-refractivity contribution in [2.45, 2.75) is 76.7 Å². The van der Waals surface area contributed by atoms with Crippen molar-refractivity contribution in [3.8, 4) is 0 Å². The van der Waals surface area contributed by atoms with Gasteiger partial charge in [-0.15, -0.1) is 0 Å². The molecule has 8 heteroatoms. The molecule has 0 bridgehead atoms. The average Bonchev–Trinajstić information content (AvgIpc) is 3.31. The number of carbonyl (C=O) groups excluding carboxylic acids is 1. The van der Waals surface area contributed by atoms with E-state index >= 15 is 0 Å². The number of nitrogens with zero attached hydrogens (tertiary/aromatic N) is 2. The first-order valence-electron chi connectivity index (χ1n) is 11.4. The van der Waals surface area contributed by atoms with Gasteiger partial charge >= 0.3 is 6.09 Å². The van der Waals surface area contributed by atoms with E-state index in [9.17, 15) is 4.79 Å². The fourth-order valence-electron chi connectivity index (χ4n) is 4.04. The van der Waals surface area contributed by atoms with Gasteiger partial charge < -0.3 is 19.5 Å². The molecule has 0 unspecified atom stereocenters. The summed E-state index contributed by atoms with van der Waals surface area (Å²) in [7, 11) is 0. The lowest BCUT2D eigenvalue weighted by atomic mass is 9.87. The Bertz CT molecular complexity index is 981. The smallest absolute Gasteiger partial charge is 0.412 e. The van der Waals surface area contributed by atoms with Crippen LogP contribution in [0.5, 0.6) is 0 Å². The minimum atomic E-state index is -0.519. The molecule has 3 heterocycles. The second kappa shape index (κ2) is 8.91. The van der Waals surface area contributed by atoms with Crippen LogP contribution in [0.2, 0.25) is 0 Å². The maximum Gasteiger partial charge on any atom is 0.412 e. The molecular formula is C25H34N4O4. The van der Waals surface area contributed by atoms with Crippen LogP contribution < -0.4 is 10.6 Å². The van der Waals surface area contributed by atoms with E-state index in [4.69, 9.17) is 14.2 Å². The minimum Gasteiger partial charge on any atom is -0.441 e. The molecule has 0 saturated carbocycles. The topological polar surface area (TPSA) is 94.6 Å². The monoisotopic (exact) mass is 454 g/mol. The Morgan fingerprint density at radius 3 is 2.33 bits per heavy atom. The summed E-state index contributed by atoms with van der Waals surface area (Å²) in [6.45, 7) is 13.5. The zero-order valence-electron chi connectivity index (χ0n) is 20.2. The van der Waals surface area contributed by atoms with Crippen LogP contribution in [-0.4, -0.2) is 53.6 Å². The fourth-order valence-corrected chi connectivity index (χ4v) is 4.04. The summed E-state index contributed by atoms with van der Waals surface area (Å²) in [5.41, 5.74) is 2.82. The predicted octanol–water partition coefficient (Wildman–Crippen LogP) is 4.27. The van der Waals surface area contributed by atoms with E-state index in [-0.39, 0.29) is 35.7 Å². The predicted molar refractivity (Wildman–Crippen MR) is 127 cm³/mol. The van der Waals surface area contributed by atoms with E-state index in [1.54, 1.807) is 6.20 Å². The van der Waals surface area contributed by atoms with Crippen LogP contribution in [0.3, 0.4) is 0 Å².